The van der Waals surface area contributed by atoms with E-state index in [1.807, 2.05) is 30.3 Å². The standard InChI is InChI=1S/C18H15BrN2O3/c1-23-15-8-3-11(10-16(15)24-2)9-14-18(22)21-17(20-14)12-4-6-13(19)7-5-12/h3-10H,1-2H3,(H,20,21,22)/b14-9-. The van der Waals surface area contributed by atoms with E-state index < -0.39 is 0 Å². The van der Waals surface area contributed by atoms with Gasteiger partial charge in [0.15, 0.2) is 11.5 Å². The average molecular weight is 387 g/mol. The van der Waals surface area contributed by atoms with Gasteiger partial charge in [0.1, 0.15) is 11.5 Å². The number of benzene rings is 2. The van der Waals surface area contributed by atoms with Crippen LogP contribution >= 0.6 is 15.9 Å². The summed E-state index contributed by atoms with van der Waals surface area (Å²) in [5.74, 6) is 1.54. The lowest BCUT2D eigenvalue weighted by atomic mass is 10.1. The zero-order valence-corrected chi connectivity index (χ0v) is 14.8. The van der Waals surface area contributed by atoms with Gasteiger partial charge in [-0.1, -0.05) is 34.1 Å². The molecule has 3 rings (SSSR count). The number of rotatable bonds is 4. The summed E-state index contributed by atoms with van der Waals surface area (Å²) in [4.78, 5) is 16.5. The van der Waals surface area contributed by atoms with Crippen molar-refractivity contribution in [3.05, 3.63) is 63.8 Å². The quantitative estimate of drug-likeness (QED) is 0.819. The first-order valence-electron chi connectivity index (χ1n) is 7.20. The number of aliphatic imine (C=N–C) groups is 1. The van der Waals surface area contributed by atoms with Gasteiger partial charge in [-0.2, -0.15) is 0 Å². The summed E-state index contributed by atoms with van der Waals surface area (Å²) >= 11 is 3.39. The minimum Gasteiger partial charge on any atom is -0.493 e. The second-order valence-electron chi connectivity index (χ2n) is 5.07. The third-order valence-electron chi connectivity index (χ3n) is 3.53. The third-order valence-corrected chi connectivity index (χ3v) is 4.05. The molecule has 1 N–H and O–H groups in total. The Kier molecular flexibility index (Phi) is 4.66. The smallest absolute Gasteiger partial charge is 0.275 e. The van der Waals surface area contributed by atoms with Gasteiger partial charge in [-0.3, -0.25) is 4.79 Å². The van der Waals surface area contributed by atoms with Crippen LogP contribution in [0.2, 0.25) is 0 Å². The van der Waals surface area contributed by atoms with Gasteiger partial charge in [0.2, 0.25) is 0 Å². The van der Waals surface area contributed by atoms with Crippen LogP contribution in [0.3, 0.4) is 0 Å². The molecule has 122 valence electrons. The fraction of sp³-hybridized carbons (Fsp3) is 0.111. The second-order valence-corrected chi connectivity index (χ2v) is 5.98. The first kappa shape index (κ1) is 16.3. The molecular formula is C18H15BrN2O3. The molecule has 24 heavy (non-hydrogen) atoms. The first-order valence-corrected chi connectivity index (χ1v) is 7.99. The van der Waals surface area contributed by atoms with E-state index in [1.165, 1.54) is 0 Å². The lowest BCUT2D eigenvalue weighted by Crippen LogP contribution is -2.24. The first-order chi connectivity index (χ1) is 11.6. The summed E-state index contributed by atoms with van der Waals surface area (Å²) in [5.41, 5.74) is 2.00. The molecule has 0 fully saturated rings. The molecule has 1 aliphatic heterocycles. The van der Waals surface area contributed by atoms with E-state index in [0.29, 0.717) is 23.0 Å². The van der Waals surface area contributed by atoms with Crippen molar-refractivity contribution < 1.29 is 14.3 Å². The topological polar surface area (TPSA) is 59.9 Å². The predicted molar refractivity (Wildman–Crippen MR) is 96.3 cm³/mol. The van der Waals surface area contributed by atoms with Crippen molar-refractivity contribution in [1.29, 1.82) is 0 Å². The Morgan fingerprint density at radius 3 is 2.42 bits per heavy atom. The Hall–Kier alpha value is -2.60. The minimum absolute atomic E-state index is 0.234. The number of carbonyl (C=O) groups excluding carboxylic acids is 1. The summed E-state index contributed by atoms with van der Waals surface area (Å²) < 4.78 is 11.5. The number of carbonyl (C=O) groups is 1. The molecule has 0 unspecified atom stereocenters. The number of nitrogens with zero attached hydrogens (tertiary/aromatic N) is 1. The highest BCUT2D eigenvalue weighted by Crippen LogP contribution is 2.29. The molecule has 0 aliphatic carbocycles. The van der Waals surface area contributed by atoms with Crippen molar-refractivity contribution in [2.45, 2.75) is 0 Å². The van der Waals surface area contributed by atoms with Gasteiger partial charge in [-0.15, -0.1) is 0 Å². The lowest BCUT2D eigenvalue weighted by Gasteiger charge is -2.07. The number of halogens is 1. The van der Waals surface area contributed by atoms with Gasteiger partial charge < -0.3 is 14.8 Å². The van der Waals surface area contributed by atoms with E-state index in [-0.39, 0.29) is 5.91 Å². The van der Waals surface area contributed by atoms with E-state index in [1.54, 1.807) is 32.4 Å². The molecule has 6 heteroatoms. The number of nitrogens with one attached hydrogen (secondary N) is 1. The van der Waals surface area contributed by atoms with E-state index >= 15 is 0 Å². The van der Waals surface area contributed by atoms with Crippen LogP contribution in [-0.4, -0.2) is 26.0 Å². The van der Waals surface area contributed by atoms with E-state index in [0.717, 1.165) is 15.6 Å². The zero-order valence-electron chi connectivity index (χ0n) is 13.2. The van der Waals surface area contributed by atoms with Gasteiger partial charge >= 0.3 is 0 Å². The number of amides is 1. The Bertz CT molecular complexity index is 842. The lowest BCUT2D eigenvalue weighted by molar-refractivity contribution is -0.115. The van der Waals surface area contributed by atoms with Gasteiger partial charge in [0.25, 0.3) is 5.91 Å². The number of ether oxygens (including phenoxy) is 2. The summed E-state index contributed by atoms with van der Waals surface area (Å²) in [5, 5.41) is 2.78. The number of hydrogen-bond acceptors (Lipinski definition) is 4. The van der Waals surface area contributed by atoms with Crippen molar-refractivity contribution in [3.63, 3.8) is 0 Å². The Balaban J connectivity index is 1.92. The molecule has 0 aromatic heterocycles. The van der Waals surface area contributed by atoms with Gasteiger partial charge in [-0.25, -0.2) is 4.99 Å². The molecule has 0 radical (unpaired) electrons. The predicted octanol–water partition coefficient (Wildman–Crippen LogP) is 3.38. The zero-order chi connectivity index (χ0) is 17.1. The van der Waals surface area contributed by atoms with Gasteiger partial charge in [0.05, 0.1) is 14.2 Å². The summed E-state index contributed by atoms with van der Waals surface area (Å²) in [7, 11) is 3.15. The van der Waals surface area contributed by atoms with Crippen LogP contribution in [0, 0.1) is 0 Å². The highest BCUT2D eigenvalue weighted by Gasteiger charge is 2.21. The molecule has 2 aromatic rings. The van der Waals surface area contributed by atoms with Crippen LogP contribution in [-0.2, 0) is 4.79 Å². The van der Waals surface area contributed by atoms with Gasteiger partial charge in [0, 0.05) is 10.0 Å². The normalized spacial score (nSPS) is 15.2. The van der Waals surface area contributed by atoms with E-state index in [9.17, 15) is 4.79 Å². The van der Waals surface area contributed by atoms with Crippen LogP contribution in [0.4, 0.5) is 0 Å². The van der Waals surface area contributed by atoms with Crippen LogP contribution in [0.25, 0.3) is 6.08 Å². The Morgan fingerprint density at radius 1 is 1.04 bits per heavy atom. The molecule has 0 spiro atoms. The third kappa shape index (κ3) is 3.33. The Morgan fingerprint density at radius 2 is 1.75 bits per heavy atom. The van der Waals surface area contributed by atoms with Crippen molar-refractivity contribution >= 4 is 33.7 Å². The van der Waals surface area contributed by atoms with E-state index in [4.69, 9.17) is 9.47 Å². The maximum atomic E-state index is 12.1. The molecule has 5 nitrogen and oxygen atoms in total. The van der Waals surface area contributed by atoms with Crippen LogP contribution in [0.5, 0.6) is 11.5 Å². The summed E-state index contributed by atoms with van der Waals surface area (Å²) in [6, 6.07) is 13.0. The maximum absolute atomic E-state index is 12.1. The largest absolute Gasteiger partial charge is 0.493 e. The summed E-state index contributed by atoms with van der Waals surface area (Å²) in [6.07, 6.45) is 1.71. The number of methoxy groups -OCH3 is 2. The van der Waals surface area contributed by atoms with Crippen molar-refractivity contribution in [2.24, 2.45) is 4.99 Å². The number of hydrogen-bond donors (Lipinski definition) is 1. The SMILES string of the molecule is COc1ccc(/C=C2\N=C(c3ccc(Br)cc3)NC2=O)cc1OC. The van der Waals surface area contributed by atoms with Crippen molar-refractivity contribution in [1.82, 2.24) is 5.32 Å². The van der Waals surface area contributed by atoms with Crippen molar-refractivity contribution in [2.75, 3.05) is 14.2 Å². The Labute approximate surface area is 148 Å². The molecule has 0 bridgehead atoms. The molecule has 0 atom stereocenters. The summed E-state index contributed by atoms with van der Waals surface area (Å²) in [6.45, 7) is 0. The minimum atomic E-state index is -0.234. The molecule has 1 heterocycles. The van der Waals surface area contributed by atoms with Crippen LogP contribution < -0.4 is 14.8 Å². The average Bonchev–Trinajstić information content (AvgIpc) is 2.96. The maximum Gasteiger partial charge on any atom is 0.275 e. The van der Waals surface area contributed by atoms with Gasteiger partial charge in [-0.05, 0) is 35.9 Å². The second kappa shape index (κ2) is 6.88. The van der Waals surface area contributed by atoms with Crippen LogP contribution in [0.15, 0.2) is 57.6 Å². The van der Waals surface area contributed by atoms with Crippen LogP contribution in [0.1, 0.15) is 11.1 Å². The fourth-order valence-corrected chi connectivity index (χ4v) is 2.58. The number of amidine groups is 1. The molecular weight excluding hydrogens is 372 g/mol. The molecule has 1 amide bonds. The highest BCUT2D eigenvalue weighted by atomic mass is 79.9. The van der Waals surface area contributed by atoms with E-state index in [2.05, 4.69) is 26.2 Å². The molecule has 2 aromatic carbocycles. The molecule has 0 saturated carbocycles. The highest BCUT2D eigenvalue weighted by molar-refractivity contribution is 9.10. The molecule has 1 aliphatic rings. The monoisotopic (exact) mass is 386 g/mol. The molecule has 0 saturated heterocycles. The fourth-order valence-electron chi connectivity index (χ4n) is 2.31. The van der Waals surface area contributed by atoms with Crippen molar-refractivity contribution in [3.8, 4) is 11.5 Å².